The van der Waals surface area contributed by atoms with Gasteiger partial charge in [-0.05, 0) is 19.2 Å². The number of thioether (sulfide) groups is 1. The molecule has 0 saturated heterocycles. The summed E-state index contributed by atoms with van der Waals surface area (Å²) in [4.78, 5) is 12.7. The lowest BCUT2D eigenvalue weighted by Gasteiger charge is -2.06. The number of nitrogens with zero attached hydrogens (tertiary/aromatic N) is 1. The van der Waals surface area contributed by atoms with Gasteiger partial charge in [0.15, 0.2) is 0 Å². The molecule has 1 heterocycles. The first-order valence-corrected chi connectivity index (χ1v) is 5.37. The van der Waals surface area contributed by atoms with Crippen molar-refractivity contribution in [2.24, 2.45) is 0 Å². The minimum atomic E-state index is 0.0457. The molecule has 2 nitrogen and oxygen atoms in total. The molecule has 0 amide bonds. The zero-order chi connectivity index (χ0) is 9.84. The molecule has 0 aliphatic carbocycles. The van der Waals surface area contributed by atoms with Crippen molar-refractivity contribution < 1.29 is 0 Å². The lowest BCUT2D eigenvalue weighted by Crippen LogP contribution is -2.21. The normalized spacial score (nSPS) is 10.0. The largest absolute Gasteiger partial charge is 0.315 e. The first kappa shape index (κ1) is 10.1. The van der Waals surface area contributed by atoms with E-state index in [-0.39, 0.29) is 5.56 Å². The third-order valence-electron chi connectivity index (χ3n) is 1.93. The lowest BCUT2D eigenvalue weighted by molar-refractivity contribution is 0.720. The summed E-state index contributed by atoms with van der Waals surface area (Å²) in [7, 11) is 0. The van der Waals surface area contributed by atoms with Gasteiger partial charge in [0.1, 0.15) is 0 Å². The molecule has 1 rings (SSSR count). The Hall–Kier alpha value is -0.960. The molecule has 0 aliphatic heterocycles. The highest BCUT2D eigenvalue weighted by Crippen LogP contribution is 2.17. The molecule has 0 atom stereocenters. The SMILES string of the molecule is C=Cc1c(SC)ccn(CC)c1=O. The molecule has 0 unspecified atom stereocenters. The summed E-state index contributed by atoms with van der Waals surface area (Å²) >= 11 is 1.57. The minimum absolute atomic E-state index is 0.0457. The Bertz CT molecular complexity index is 368. The van der Waals surface area contributed by atoms with E-state index < -0.39 is 0 Å². The summed E-state index contributed by atoms with van der Waals surface area (Å²) in [6, 6.07) is 1.95. The highest BCUT2D eigenvalue weighted by Gasteiger charge is 2.04. The van der Waals surface area contributed by atoms with Gasteiger partial charge >= 0.3 is 0 Å². The molecule has 0 fully saturated rings. The van der Waals surface area contributed by atoms with E-state index in [0.717, 1.165) is 4.90 Å². The highest BCUT2D eigenvalue weighted by molar-refractivity contribution is 7.98. The maximum Gasteiger partial charge on any atom is 0.258 e. The first-order chi connectivity index (χ1) is 6.24. The lowest BCUT2D eigenvalue weighted by atomic mass is 10.2. The van der Waals surface area contributed by atoms with Crippen LogP contribution in [0, 0.1) is 0 Å². The minimum Gasteiger partial charge on any atom is -0.315 e. The summed E-state index contributed by atoms with van der Waals surface area (Å²) in [5.41, 5.74) is 0.751. The summed E-state index contributed by atoms with van der Waals surface area (Å²) < 4.78 is 1.68. The Morgan fingerprint density at radius 3 is 2.85 bits per heavy atom. The zero-order valence-electron chi connectivity index (χ0n) is 7.91. The molecule has 0 bridgehead atoms. The van der Waals surface area contributed by atoms with Crippen molar-refractivity contribution in [1.82, 2.24) is 4.57 Å². The van der Waals surface area contributed by atoms with Crippen LogP contribution < -0.4 is 5.56 Å². The highest BCUT2D eigenvalue weighted by atomic mass is 32.2. The summed E-state index contributed by atoms with van der Waals surface area (Å²) in [5.74, 6) is 0. The van der Waals surface area contributed by atoms with Crippen LogP contribution in [0.2, 0.25) is 0 Å². The van der Waals surface area contributed by atoms with E-state index in [1.807, 2.05) is 25.4 Å². The van der Waals surface area contributed by atoms with E-state index in [0.29, 0.717) is 12.1 Å². The van der Waals surface area contributed by atoms with Crippen molar-refractivity contribution in [1.29, 1.82) is 0 Å². The van der Waals surface area contributed by atoms with Gasteiger partial charge in [0.25, 0.3) is 5.56 Å². The quantitative estimate of drug-likeness (QED) is 0.690. The summed E-state index contributed by atoms with van der Waals surface area (Å²) in [6.07, 6.45) is 5.40. The van der Waals surface area contributed by atoms with Crippen molar-refractivity contribution in [3.05, 3.63) is 34.8 Å². The van der Waals surface area contributed by atoms with Crippen LogP contribution in [0.4, 0.5) is 0 Å². The van der Waals surface area contributed by atoms with Gasteiger partial charge in [-0.15, -0.1) is 11.8 Å². The van der Waals surface area contributed by atoms with Crippen LogP contribution in [0.5, 0.6) is 0 Å². The standard InChI is InChI=1S/C10H13NOS/c1-4-8-9(13-3)6-7-11(5-2)10(8)12/h4,6-7H,1,5H2,2-3H3. The number of hydrogen-bond acceptors (Lipinski definition) is 2. The second-order valence-electron chi connectivity index (χ2n) is 2.59. The third kappa shape index (κ3) is 1.86. The Morgan fingerprint density at radius 2 is 2.38 bits per heavy atom. The van der Waals surface area contributed by atoms with Crippen molar-refractivity contribution >= 4 is 17.8 Å². The van der Waals surface area contributed by atoms with E-state index in [1.54, 1.807) is 22.4 Å². The molecule has 1 aromatic rings. The van der Waals surface area contributed by atoms with Crippen molar-refractivity contribution in [2.45, 2.75) is 18.4 Å². The predicted molar refractivity (Wildman–Crippen MR) is 58.2 cm³/mol. The van der Waals surface area contributed by atoms with Crippen LogP contribution >= 0.6 is 11.8 Å². The second-order valence-corrected chi connectivity index (χ2v) is 3.44. The molecule has 0 radical (unpaired) electrons. The van der Waals surface area contributed by atoms with Gasteiger partial charge in [-0.1, -0.05) is 12.7 Å². The van der Waals surface area contributed by atoms with Gasteiger partial charge in [-0.3, -0.25) is 4.79 Å². The van der Waals surface area contributed by atoms with Crippen LogP contribution in [0.3, 0.4) is 0 Å². The molecule has 13 heavy (non-hydrogen) atoms. The smallest absolute Gasteiger partial charge is 0.258 e. The van der Waals surface area contributed by atoms with Gasteiger partial charge in [-0.2, -0.15) is 0 Å². The average molecular weight is 195 g/mol. The maximum absolute atomic E-state index is 11.7. The fourth-order valence-corrected chi connectivity index (χ4v) is 1.78. The Balaban J connectivity index is 3.40. The van der Waals surface area contributed by atoms with Crippen LogP contribution in [-0.4, -0.2) is 10.8 Å². The van der Waals surface area contributed by atoms with E-state index in [2.05, 4.69) is 6.58 Å². The van der Waals surface area contributed by atoms with E-state index in [4.69, 9.17) is 0 Å². The van der Waals surface area contributed by atoms with E-state index in [1.165, 1.54) is 0 Å². The van der Waals surface area contributed by atoms with Crippen LogP contribution in [-0.2, 0) is 6.54 Å². The molecule has 1 aromatic heterocycles. The van der Waals surface area contributed by atoms with E-state index >= 15 is 0 Å². The second kappa shape index (κ2) is 4.33. The number of aryl methyl sites for hydroxylation is 1. The fourth-order valence-electron chi connectivity index (χ4n) is 1.19. The zero-order valence-corrected chi connectivity index (χ0v) is 8.73. The molecule has 70 valence electrons. The van der Waals surface area contributed by atoms with Gasteiger partial charge < -0.3 is 4.57 Å². The summed E-state index contributed by atoms with van der Waals surface area (Å²) in [6.45, 7) is 6.30. The number of pyridine rings is 1. The fraction of sp³-hybridized carbons (Fsp3) is 0.300. The molecule has 3 heteroatoms. The molecule has 0 aliphatic rings. The number of hydrogen-bond donors (Lipinski definition) is 0. The predicted octanol–water partition coefficient (Wildman–Crippen LogP) is 2.23. The average Bonchev–Trinajstić information content (AvgIpc) is 2.17. The number of aromatic nitrogens is 1. The summed E-state index contributed by atoms with van der Waals surface area (Å²) in [5, 5.41) is 0. The monoisotopic (exact) mass is 195 g/mol. The Labute approximate surface area is 82.3 Å². The first-order valence-electron chi connectivity index (χ1n) is 4.14. The topological polar surface area (TPSA) is 22.0 Å². The maximum atomic E-state index is 11.7. The van der Waals surface area contributed by atoms with Crippen molar-refractivity contribution in [2.75, 3.05) is 6.26 Å². The van der Waals surface area contributed by atoms with Crippen molar-refractivity contribution in [3.63, 3.8) is 0 Å². The molecule has 0 aromatic carbocycles. The van der Waals surface area contributed by atoms with E-state index in [9.17, 15) is 4.79 Å². The number of rotatable bonds is 3. The van der Waals surface area contributed by atoms with Crippen molar-refractivity contribution in [3.8, 4) is 0 Å². The van der Waals surface area contributed by atoms with Crippen LogP contribution in [0.25, 0.3) is 6.08 Å². The van der Waals surface area contributed by atoms with Gasteiger partial charge in [0.05, 0.1) is 5.56 Å². The van der Waals surface area contributed by atoms with Crippen LogP contribution in [0.1, 0.15) is 12.5 Å². The van der Waals surface area contributed by atoms with Gasteiger partial charge in [0.2, 0.25) is 0 Å². The third-order valence-corrected chi connectivity index (χ3v) is 2.72. The molecular formula is C10H13NOS. The Kier molecular flexibility index (Phi) is 3.37. The molecule has 0 N–H and O–H groups in total. The molecule has 0 saturated carbocycles. The molecule has 0 spiro atoms. The van der Waals surface area contributed by atoms with Gasteiger partial charge in [0, 0.05) is 17.6 Å². The molecular weight excluding hydrogens is 182 g/mol. The van der Waals surface area contributed by atoms with Gasteiger partial charge in [-0.25, -0.2) is 0 Å². The van der Waals surface area contributed by atoms with Crippen LogP contribution in [0.15, 0.2) is 28.5 Å². The Morgan fingerprint density at radius 1 is 1.69 bits per heavy atom.